The van der Waals surface area contributed by atoms with E-state index in [9.17, 15) is 4.39 Å². The molecule has 2 heterocycles. The van der Waals surface area contributed by atoms with Crippen molar-refractivity contribution in [3.8, 4) is 11.5 Å². The highest BCUT2D eigenvalue weighted by atomic mass is 35.5. The summed E-state index contributed by atoms with van der Waals surface area (Å²) in [6.07, 6.45) is 1.10. The Morgan fingerprint density at radius 1 is 1.10 bits per heavy atom. The fraction of sp³-hybridized carbons (Fsp3) is 0.0714. The Bertz CT molecular complexity index is 700. The fourth-order valence-electron chi connectivity index (χ4n) is 1.71. The summed E-state index contributed by atoms with van der Waals surface area (Å²) in [7, 11) is 0. The van der Waals surface area contributed by atoms with Crippen molar-refractivity contribution >= 4 is 11.6 Å². The third-order valence-corrected chi connectivity index (χ3v) is 3.15. The molecular formula is C14H9ClFN3O. The molecule has 0 spiro atoms. The Balaban J connectivity index is 1.89. The molecule has 0 fully saturated rings. The molecule has 0 saturated heterocycles. The van der Waals surface area contributed by atoms with Crippen LogP contribution in [0.4, 0.5) is 4.39 Å². The molecule has 100 valence electrons. The van der Waals surface area contributed by atoms with Gasteiger partial charge in [0.05, 0.1) is 6.20 Å². The zero-order chi connectivity index (χ0) is 13.9. The van der Waals surface area contributed by atoms with Crippen LogP contribution in [0, 0.1) is 5.82 Å². The van der Waals surface area contributed by atoms with E-state index in [1.807, 2.05) is 30.3 Å². The molecule has 20 heavy (non-hydrogen) atoms. The molecule has 0 amide bonds. The van der Waals surface area contributed by atoms with Gasteiger partial charge < -0.3 is 4.52 Å². The molecular weight excluding hydrogens is 281 g/mol. The third kappa shape index (κ3) is 2.53. The van der Waals surface area contributed by atoms with E-state index >= 15 is 0 Å². The van der Waals surface area contributed by atoms with Gasteiger partial charge in [0.15, 0.2) is 0 Å². The second kappa shape index (κ2) is 5.38. The Morgan fingerprint density at radius 2 is 1.90 bits per heavy atom. The van der Waals surface area contributed by atoms with Gasteiger partial charge in [0.2, 0.25) is 11.7 Å². The summed E-state index contributed by atoms with van der Waals surface area (Å²) in [5.74, 6) is 0.137. The molecule has 0 aliphatic carbocycles. The zero-order valence-electron chi connectivity index (χ0n) is 10.2. The van der Waals surface area contributed by atoms with Gasteiger partial charge in [0, 0.05) is 0 Å². The van der Waals surface area contributed by atoms with Crippen molar-refractivity contribution < 1.29 is 8.91 Å². The maximum absolute atomic E-state index is 12.8. The molecule has 0 radical (unpaired) electrons. The number of aromatic nitrogens is 3. The van der Waals surface area contributed by atoms with E-state index in [0.717, 1.165) is 11.8 Å². The van der Waals surface area contributed by atoms with E-state index in [2.05, 4.69) is 15.1 Å². The molecule has 1 atom stereocenters. The highest BCUT2D eigenvalue weighted by Crippen LogP contribution is 2.28. The fourth-order valence-corrected chi connectivity index (χ4v) is 1.95. The number of benzene rings is 1. The average Bonchev–Trinajstić information content (AvgIpc) is 2.98. The predicted molar refractivity (Wildman–Crippen MR) is 71.6 cm³/mol. The smallest absolute Gasteiger partial charge is 0.249 e. The third-order valence-electron chi connectivity index (χ3n) is 2.71. The van der Waals surface area contributed by atoms with Gasteiger partial charge in [0.1, 0.15) is 16.9 Å². The van der Waals surface area contributed by atoms with Crippen molar-refractivity contribution in [2.45, 2.75) is 5.38 Å². The topological polar surface area (TPSA) is 51.8 Å². The molecule has 4 nitrogen and oxygen atoms in total. The van der Waals surface area contributed by atoms with Gasteiger partial charge in [-0.1, -0.05) is 35.5 Å². The minimum absolute atomic E-state index is 0.277. The van der Waals surface area contributed by atoms with Crippen molar-refractivity contribution in [2.75, 3.05) is 0 Å². The Morgan fingerprint density at radius 3 is 2.60 bits per heavy atom. The molecule has 2 aromatic heterocycles. The van der Waals surface area contributed by atoms with Crippen molar-refractivity contribution in [3.05, 3.63) is 65.9 Å². The van der Waals surface area contributed by atoms with E-state index < -0.39 is 11.2 Å². The lowest BCUT2D eigenvalue weighted by Crippen LogP contribution is -1.93. The average molecular weight is 290 g/mol. The second-order valence-corrected chi connectivity index (χ2v) is 4.53. The first-order valence-electron chi connectivity index (χ1n) is 5.88. The van der Waals surface area contributed by atoms with Gasteiger partial charge in [-0.3, -0.25) is 0 Å². The quantitative estimate of drug-likeness (QED) is 0.691. The van der Waals surface area contributed by atoms with E-state index in [1.54, 1.807) is 0 Å². The van der Waals surface area contributed by atoms with Crippen molar-refractivity contribution in [2.24, 2.45) is 0 Å². The lowest BCUT2D eigenvalue weighted by molar-refractivity contribution is 0.383. The molecule has 3 rings (SSSR count). The van der Waals surface area contributed by atoms with Crippen LogP contribution in [0.1, 0.15) is 16.8 Å². The Labute approximate surface area is 119 Å². The molecule has 0 aliphatic rings. The van der Waals surface area contributed by atoms with Gasteiger partial charge in [-0.15, -0.1) is 11.6 Å². The highest BCUT2D eigenvalue weighted by Gasteiger charge is 2.19. The van der Waals surface area contributed by atoms with Crippen molar-refractivity contribution in [1.82, 2.24) is 15.1 Å². The van der Waals surface area contributed by atoms with Gasteiger partial charge in [-0.25, -0.2) is 9.37 Å². The number of nitrogens with zero attached hydrogens (tertiary/aromatic N) is 3. The minimum atomic E-state index is -0.530. The van der Waals surface area contributed by atoms with E-state index in [-0.39, 0.29) is 11.7 Å². The monoisotopic (exact) mass is 289 g/mol. The van der Waals surface area contributed by atoms with Crippen molar-refractivity contribution in [3.63, 3.8) is 0 Å². The normalized spacial score (nSPS) is 12.3. The summed E-state index contributed by atoms with van der Waals surface area (Å²) in [5.41, 5.74) is 1.29. The molecule has 1 aromatic carbocycles. The second-order valence-electron chi connectivity index (χ2n) is 4.09. The number of hydrogen-bond acceptors (Lipinski definition) is 4. The molecule has 0 saturated carbocycles. The number of rotatable bonds is 3. The molecule has 0 bridgehead atoms. The van der Waals surface area contributed by atoms with Gasteiger partial charge in [0.25, 0.3) is 0 Å². The van der Waals surface area contributed by atoms with Crippen LogP contribution in [0.3, 0.4) is 0 Å². The van der Waals surface area contributed by atoms with E-state index in [1.165, 1.54) is 12.1 Å². The summed E-state index contributed by atoms with van der Waals surface area (Å²) in [6, 6.07) is 12.2. The van der Waals surface area contributed by atoms with Crippen molar-refractivity contribution in [1.29, 1.82) is 0 Å². The Hall–Kier alpha value is -2.27. The number of halogens is 2. The summed E-state index contributed by atoms with van der Waals surface area (Å²) < 4.78 is 17.9. The Kier molecular flexibility index (Phi) is 3.43. The molecule has 1 unspecified atom stereocenters. The van der Waals surface area contributed by atoms with Crippen LogP contribution in [0.15, 0.2) is 53.2 Å². The number of hydrogen-bond donors (Lipinski definition) is 0. The van der Waals surface area contributed by atoms with Crippen LogP contribution >= 0.6 is 11.6 Å². The van der Waals surface area contributed by atoms with Gasteiger partial charge in [-0.05, 0) is 17.7 Å². The van der Waals surface area contributed by atoms with Crippen LogP contribution in [0.2, 0.25) is 0 Å². The first-order valence-corrected chi connectivity index (χ1v) is 6.32. The van der Waals surface area contributed by atoms with E-state index in [4.69, 9.17) is 16.1 Å². The van der Waals surface area contributed by atoms with Crippen LogP contribution in [-0.4, -0.2) is 15.1 Å². The number of pyridine rings is 1. The SMILES string of the molecule is Fc1ccc(-c2noc(C(Cl)c3ccccc3)n2)nc1. The lowest BCUT2D eigenvalue weighted by atomic mass is 10.1. The lowest BCUT2D eigenvalue weighted by Gasteiger charge is -2.03. The van der Waals surface area contributed by atoms with Gasteiger partial charge >= 0.3 is 0 Å². The standard InChI is InChI=1S/C14H9ClFN3O/c15-12(9-4-2-1-3-5-9)14-18-13(19-20-14)11-7-6-10(16)8-17-11/h1-8,12H. The van der Waals surface area contributed by atoms with Crippen LogP contribution in [-0.2, 0) is 0 Å². The van der Waals surface area contributed by atoms with Crippen LogP contribution in [0.25, 0.3) is 11.5 Å². The molecule has 3 aromatic rings. The number of alkyl halides is 1. The zero-order valence-corrected chi connectivity index (χ0v) is 11.0. The van der Waals surface area contributed by atoms with Crippen LogP contribution < -0.4 is 0 Å². The maximum atomic E-state index is 12.8. The predicted octanol–water partition coefficient (Wildman–Crippen LogP) is 3.60. The summed E-state index contributed by atoms with van der Waals surface area (Å²) in [6.45, 7) is 0. The van der Waals surface area contributed by atoms with Crippen LogP contribution in [0.5, 0.6) is 0 Å². The van der Waals surface area contributed by atoms with E-state index in [0.29, 0.717) is 5.69 Å². The first-order chi connectivity index (χ1) is 9.74. The maximum Gasteiger partial charge on any atom is 0.249 e. The minimum Gasteiger partial charge on any atom is -0.337 e. The first kappa shape index (κ1) is 12.7. The highest BCUT2D eigenvalue weighted by molar-refractivity contribution is 6.22. The molecule has 0 N–H and O–H groups in total. The summed E-state index contributed by atoms with van der Waals surface area (Å²) in [5, 5.41) is 3.28. The summed E-state index contributed by atoms with van der Waals surface area (Å²) in [4.78, 5) is 8.08. The largest absolute Gasteiger partial charge is 0.337 e. The molecule has 6 heteroatoms. The summed E-state index contributed by atoms with van der Waals surface area (Å²) >= 11 is 6.28. The van der Waals surface area contributed by atoms with Gasteiger partial charge in [-0.2, -0.15) is 4.98 Å². The molecule has 0 aliphatic heterocycles.